The zero-order valence-corrected chi connectivity index (χ0v) is 11.0. The van der Waals surface area contributed by atoms with Crippen LogP contribution >= 0.6 is 0 Å². The minimum atomic E-state index is 0.199. The molecule has 19 heavy (non-hydrogen) atoms. The quantitative estimate of drug-likeness (QED) is 0.783. The van der Waals surface area contributed by atoms with E-state index in [1.54, 1.807) is 0 Å². The number of benzene rings is 1. The molecule has 0 fully saturated rings. The predicted molar refractivity (Wildman–Crippen MR) is 76.5 cm³/mol. The third-order valence-electron chi connectivity index (χ3n) is 4.53. The molecule has 3 heteroatoms. The van der Waals surface area contributed by atoms with Gasteiger partial charge in [-0.2, -0.15) is 0 Å². The molecule has 1 unspecified atom stereocenters. The third-order valence-corrected chi connectivity index (χ3v) is 4.53. The van der Waals surface area contributed by atoms with Crippen LogP contribution in [0, 0.1) is 0 Å². The van der Waals surface area contributed by atoms with Crippen LogP contribution in [0.4, 0.5) is 0 Å². The van der Waals surface area contributed by atoms with E-state index in [0.717, 1.165) is 37.7 Å². The summed E-state index contributed by atoms with van der Waals surface area (Å²) in [4.78, 5) is 12.7. The summed E-state index contributed by atoms with van der Waals surface area (Å²) in [6, 6.07) is 8.48. The van der Waals surface area contributed by atoms with Crippen molar-refractivity contribution in [3.63, 3.8) is 0 Å². The Morgan fingerprint density at radius 3 is 2.89 bits per heavy atom. The Kier molecular flexibility index (Phi) is 2.49. The highest BCUT2D eigenvalue weighted by molar-refractivity contribution is 5.86. The number of fused-ring (bicyclic) bond motifs is 2. The van der Waals surface area contributed by atoms with Crippen LogP contribution in [-0.4, -0.2) is 11.1 Å². The highest BCUT2D eigenvalue weighted by atomic mass is 16.1. The molecule has 1 atom stereocenters. The maximum atomic E-state index is 12.7. The highest BCUT2D eigenvalue weighted by Crippen LogP contribution is 2.34. The summed E-state index contributed by atoms with van der Waals surface area (Å²) in [5, 5.41) is 5.68. The molecule has 0 spiro atoms. The Bertz CT molecular complexity index is 702. The maximum absolute atomic E-state index is 12.7. The van der Waals surface area contributed by atoms with E-state index in [1.165, 1.54) is 23.1 Å². The van der Waals surface area contributed by atoms with Crippen molar-refractivity contribution in [3.8, 4) is 0 Å². The molecule has 0 saturated heterocycles. The minimum Gasteiger partial charge on any atom is -0.310 e. The lowest BCUT2D eigenvalue weighted by molar-refractivity contribution is 0.460. The molecular formula is C16H18N2O. The van der Waals surface area contributed by atoms with E-state index in [0.29, 0.717) is 6.04 Å². The molecule has 0 saturated carbocycles. The van der Waals surface area contributed by atoms with Gasteiger partial charge < -0.3 is 9.88 Å². The second kappa shape index (κ2) is 4.20. The first-order chi connectivity index (χ1) is 9.36. The molecule has 0 bridgehead atoms. The van der Waals surface area contributed by atoms with Crippen LogP contribution in [0.25, 0.3) is 10.8 Å². The Morgan fingerprint density at radius 2 is 2.00 bits per heavy atom. The van der Waals surface area contributed by atoms with Crippen LogP contribution in [0.1, 0.15) is 36.6 Å². The van der Waals surface area contributed by atoms with Gasteiger partial charge in [-0.25, -0.2) is 0 Å². The van der Waals surface area contributed by atoms with Crippen molar-refractivity contribution in [1.29, 1.82) is 0 Å². The van der Waals surface area contributed by atoms with Crippen molar-refractivity contribution in [2.45, 2.75) is 38.3 Å². The topological polar surface area (TPSA) is 34.0 Å². The van der Waals surface area contributed by atoms with Crippen LogP contribution < -0.4 is 10.9 Å². The maximum Gasteiger partial charge on any atom is 0.258 e. The van der Waals surface area contributed by atoms with Gasteiger partial charge in [-0.15, -0.1) is 0 Å². The van der Waals surface area contributed by atoms with Gasteiger partial charge in [0, 0.05) is 23.7 Å². The largest absolute Gasteiger partial charge is 0.310 e. The molecule has 2 aromatic rings. The number of aromatic nitrogens is 1. The molecular weight excluding hydrogens is 236 g/mol. The van der Waals surface area contributed by atoms with Crippen LogP contribution in [0.3, 0.4) is 0 Å². The summed E-state index contributed by atoms with van der Waals surface area (Å²) in [7, 11) is 0. The first-order valence-corrected chi connectivity index (χ1v) is 7.24. The summed E-state index contributed by atoms with van der Waals surface area (Å²) in [6.45, 7) is 1.87. The van der Waals surface area contributed by atoms with Crippen LogP contribution in [0.15, 0.2) is 29.1 Å². The number of rotatable bonds is 0. The van der Waals surface area contributed by atoms with Crippen molar-refractivity contribution >= 4 is 10.8 Å². The molecule has 1 N–H and O–H groups in total. The number of hydrogen-bond acceptors (Lipinski definition) is 2. The van der Waals surface area contributed by atoms with E-state index in [1.807, 2.05) is 22.8 Å². The molecule has 4 rings (SSSR count). The lowest BCUT2D eigenvalue weighted by Crippen LogP contribution is -2.31. The fraction of sp³-hybridized carbons (Fsp3) is 0.438. The van der Waals surface area contributed by atoms with Gasteiger partial charge in [0.15, 0.2) is 0 Å². The second-order valence-corrected chi connectivity index (χ2v) is 5.62. The molecule has 1 aliphatic carbocycles. The van der Waals surface area contributed by atoms with E-state index in [2.05, 4.69) is 11.4 Å². The van der Waals surface area contributed by atoms with Gasteiger partial charge >= 0.3 is 0 Å². The average Bonchev–Trinajstić information content (AvgIpc) is 2.68. The number of hydrogen-bond donors (Lipinski definition) is 1. The van der Waals surface area contributed by atoms with Gasteiger partial charge in [0.25, 0.3) is 5.56 Å². The van der Waals surface area contributed by atoms with Gasteiger partial charge in [-0.05, 0) is 49.2 Å². The van der Waals surface area contributed by atoms with Crippen LogP contribution in [0.5, 0.6) is 0 Å². The van der Waals surface area contributed by atoms with Crippen molar-refractivity contribution in [2.24, 2.45) is 0 Å². The molecule has 1 aromatic carbocycles. The lowest BCUT2D eigenvalue weighted by atomic mass is 9.88. The highest BCUT2D eigenvalue weighted by Gasteiger charge is 2.27. The van der Waals surface area contributed by atoms with Crippen molar-refractivity contribution in [2.75, 3.05) is 6.54 Å². The molecule has 1 aliphatic heterocycles. The van der Waals surface area contributed by atoms with E-state index in [-0.39, 0.29) is 5.56 Å². The van der Waals surface area contributed by atoms with Gasteiger partial charge in [-0.1, -0.05) is 18.2 Å². The predicted octanol–water partition coefficient (Wildman–Crippen LogP) is 2.37. The molecule has 2 aliphatic rings. The standard InChI is InChI=1S/C16H18N2O/c19-16-13-6-2-1-5-11(13)12-7-3-8-14-15(12)18(16)10-4-9-17-14/h1-2,5-6,14,17H,3-4,7-10H2. The number of aryl methyl sites for hydroxylation is 1. The minimum absolute atomic E-state index is 0.199. The molecule has 0 radical (unpaired) electrons. The monoisotopic (exact) mass is 254 g/mol. The molecule has 2 heterocycles. The average molecular weight is 254 g/mol. The van der Waals surface area contributed by atoms with Crippen molar-refractivity contribution in [1.82, 2.24) is 9.88 Å². The molecule has 0 amide bonds. The molecule has 3 nitrogen and oxygen atoms in total. The smallest absolute Gasteiger partial charge is 0.258 e. The lowest BCUT2D eigenvalue weighted by Gasteiger charge is -2.28. The summed E-state index contributed by atoms with van der Waals surface area (Å²) in [5.41, 5.74) is 2.87. The summed E-state index contributed by atoms with van der Waals surface area (Å²) in [5.74, 6) is 0. The Balaban J connectivity index is 2.15. The second-order valence-electron chi connectivity index (χ2n) is 5.62. The fourth-order valence-corrected chi connectivity index (χ4v) is 3.70. The first-order valence-electron chi connectivity index (χ1n) is 7.24. The van der Waals surface area contributed by atoms with E-state index >= 15 is 0 Å². The normalized spacial score (nSPS) is 22.0. The molecule has 1 aromatic heterocycles. The van der Waals surface area contributed by atoms with Crippen molar-refractivity contribution in [3.05, 3.63) is 45.9 Å². The summed E-state index contributed by atoms with van der Waals surface area (Å²) in [6.07, 6.45) is 4.52. The number of nitrogens with zero attached hydrogens (tertiary/aromatic N) is 1. The molecule has 98 valence electrons. The van der Waals surface area contributed by atoms with Crippen molar-refractivity contribution < 1.29 is 0 Å². The zero-order valence-electron chi connectivity index (χ0n) is 11.0. The van der Waals surface area contributed by atoms with E-state index in [4.69, 9.17) is 0 Å². The van der Waals surface area contributed by atoms with E-state index in [9.17, 15) is 4.79 Å². The van der Waals surface area contributed by atoms with Gasteiger partial charge in [-0.3, -0.25) is 4.79 Å². The van der Waals surface area contributed by atoms with Gasteiger partial charge in [0.05, 0.1) is 0 Å². The van der Waals surface area contributed by atoms with E-state index < -0.39 is 0 Å². The Morgan fingerprint density at radius 1 is 1.16 bits per heavy atom. The summed E-state index contributed by atoms with van der Waals surface area (Å²) < 4.78 is 2.04. The summed E-state index contributed by atoms with van der Waals surface area (Å²) >= 11 is 0. The number of pyridine rings is 1. The van der Waals surface area contributed by atoms with Gasteiger partial charge in [0.1, 0.15) is 0 Å². The third kappa shape index (κ3) is 1.58. The fourth-order valence-electron chi connectivity index (χ4n) is 3.70. The van der Waals surface area contributed by atoms with Crippen LogP contribution in [-0.2, 0) is 13.0 Å². The van der Waals surface area contributed by atoms with Crippen LogP contribution in [0.2, 0.25) is 0 Å². The van der Waals surface area contributed by atoms with Gasteiger partial charge in [0.2, 0.25) is 0 Å². The number of nitrogens with one attached hydrogen (secondary N) is 1. The zero-order chi connectivity index (χ0) is 12.8. The first kappa shape index (κ1) is 11.2. The Labute approximate surface area is 112 Å². The Hall–Kier alpha value is -1.61. The SMILES string of the molecule is O=c1c2ccccc2c2c3n1CCCNC3CCC2.